The van der Waals surface area contributed by atoms with E-state index in [1.807, 2.05) is 0 Å². The van der Waals surface area contributed by atoms with Crippen molar-refractivity contribution in [2.75, 3.05) is 6.54 Å². The second kappa shape index (κ2) is 7.26. The lowest BCUT2D eigenvalue weighted by Crippen LogP contribution is -2.38. The lowest BCUT2D eigenvalue weighted by molar-refractivity contribution is 0.284. The van der Waals surface area contributed by atoms with Crippen LogP contribution >= 0.6 is 0 Å². The molecule has 0 spiro atoms. The summed E-state index contributed by atoms with van der Waals surface area (Å²) in [6.07, 6.45) is 4.80. The second-order valence-corrected chi connectivity index (χ2v) is 7.76. The SMILES string of the molecule is CCc1ccc(CCC(C)(C)CCNC(C)(C)C)cc1. The molecule has 0 radical (unpaired) electrons. The molecule has 0 aliphatic rings. The van der Waals surface area contributed by atoms with Crippen LogP contribution in [0.15, 0.2) is 24.3 Å². The molecule has 0 amide bonds. The van der Waals surface area contributed by atoms with Crippen LogP contribution in [-0.2, 0) is 12.8 Å². The second-order valence-electron chi connectivity index (χ2n) is 7.76. The topological polar surface area (TPSA) is 12.0 Å². The van der Waals surface area contributed by atoms with E-state index in [1.54, 1.807) is 0 Å². The molecule has 0 saturated carbocycles. The van der Waals surface area contributed by atoms with Crippen LogP contribution < -0.4 is 5.32 Å². The van der Waals surface area contributed by atoms with Crippen molar-refractivity contribution in [3.05, 3.63) is 35.4 Å². The van der Waals surface area contributed by atoms with E-state index in [1.165, 1.54) is 30.4 Å². The zero-order valence-electron chi connectivity index (χ0n) is 14.3. The van der Waals surface area contributed by atoms with E-state index in [4.69, 9.17) is 0 Å². The molecule has 1 aromatic rings. The molecule has 1 aromatic carbocycles. The summed E-state index contributed by atoms with van der Waals surface area (Å²) in [6.45, 7) is 14.8. The van der Waals surface area contributed by atoms with Crippen LogP contribution in [0.25, 0.3) is 0 Å². The molecule has 1 N–H and O–H groups in total. The van der Waals surface area contributed by atoms with Crippen molar-refractivity contribution in [2.24, 2.45) is 5.41 Å². The molecule has 1 rings (SSSR count). The molecule has 0 aromatic heterocycles. The van der Waals surface area contributed by atoms with Crippen molar-refractivity contribution in [1.82, 2.24) is 5.32 Å². The van der Waals surface area contributed by atoms with Crippen LogP contribution in [0.5, 0.6) is 0 Å². The molecule has 0 bridgehead atoms. The molecule has 0 heterocycles. The molecule has 0 aliphatic heterocycles. The van der Waals surface area contributed by atoms with Crippen molar-refractivity contribution < 1.29 is 0 Å². The summed E-state index contributed by atoms with van der Waals surface area (Å²) in [5.41, 5.74) is 3.54. The first-order chi connectivity index (χ1) is 9.22. The summed E-state index contributed by atoms with van der Waals surface area (Å²) in [5.74, 6) is 0. The first-order valence-corrected chi connectivity index (χ1v) is 8.05. The van der Waals surface area contributed by atoms with E-state index in [0.29, 0.717) is 5.41 Å². The van der Waals surface area contributed by atoms with E-state index in [0.717, 1.165) is 13.0 Å². The average Bonchev–Trinajstić information content (AvgIpc) is 2.35. The molecule has 0 fully saturated rings. The molecular weight excluding hydrogens is 242 g/mol. The minimum Gasteiger partial charge on any atom is -0.312 e. The summed E-state index contributed by atoms with van der Waals surface area (Å²) in [7, 11) is 0. The van der Waals surface area contributed by atoms with Gasteiger partial charge in [-0.15, -0.1) is 0 Å². The molecule has 20 heavy (non-hydrogen) atoms. The number of aryl methyl sites for hydroxylation is 2. The molecule has 0 atom stereocenters. The minimum atomic E-state index is 0.228. The number of benzene rings is 1. The Morgan fingerprint density at radius 1 is 0.850 bits per heavy atom. The summed E-state index contributed by atoms with van der Waals surface area (Å²) in [4.78, 5) is 0. The Morgan fingerprint density at radius 3 is 1.90 bits per heavy atom. The smallest absolute Gasteiger partial charge is 0.00965 e. The number of hydrogen-bond acceptors (Lipinski definition) is 1. The van der Waals surface area contributed by atoms with Crippen LogP contribution in [0.4, 0.5) is 0 Å². The molecule has 1 heteroatoms. The Morgan fingerprint density at radius 2 is 1.40 bits per heavy atom. The van der Waals surface area contributed by atoms with Gasteiger partial charge in [0, 0.05) is 5.54 Å². The van der Waals surface area contributed by atoms with Gasteiger partial charge >= 0.3 is 0 Å². The first-order valence-electron chi connectivity index (χ1n) is 8.05. The van der Waals surface area contributed by atoms with Gasteiger partial charge in [-0.05, 0) is 69.5 Å². The Hall–Kier alpha value is -0.820. The summed E-state index contributed by atoms with van der Waals surface area (Å²) in [5, 5.41) is 3.59. The Bertz CT molecular complexity index is 381. The standard InChI is InChI=1S/C19H33N/c1-7-16-8-10-17(11-9-16)12-13-19(5,6)14-15-20-18(2,3)4/h8-11,20H,7,12-15H2,1-6H3. The van der Waals surface area contributed by atoms with Gasteiger partial charge in [0.2, 0.25) is 0 Å². The summed E-state index contributed by atoms with van der Waals surface area (Å²) >= 11 is 0. The van der Waals surface area contributed by atoms with Gasteiger partial charge in [-0.25, -0.2) is 0 Å². The zero-order valence-corrected chi connectivity index (χ0v) is 14.3. The molecule has 114 valence electrons. The van der Waals surface area contributed by atoms with E-state index in [9.17, 15) is 0 Å². The van der Waals surface area contributed by atoms with E-state index in [2.05, 4.69) is 71.1 Å². The van der Waals surface area contributed by atoms with Gasteiger partial charge in [-0.1, -0.05) is 45.0 Å². The first kappa shape index (κ1) is 17.2. The fourth-order valence-electron chi connectivity index (χ4n) is 2.33. The average molecular weight is 275 g/mol. The highest BCUT2D eigenvalue weighted by Gasteiger charge is 2.18. The van der Waals surface area contributed by atoms with Gasteiger partial charge in [-0.3, -0.25) is 0 Å². The van der Waals surface area contributed by atoms with Gasteiger partial charge in [0.25, 0.3) is 0 Å². The third kappa shape index (κ3) is 7.09. The van der Waals surface area contributed by atoms with Gasteiger partial charge in [0.05, 0.1) is 0 Å². The van der Waals surface area contributed by atoms with E-state index >= 15 is 0 Å². The van der Waals surface area contributed by atoms with Crippen LogP contribution in [0.2, 0.25) is 0 Å². The number of hydrogen-bond donors (Lipinski definition) is 1. The molecule has 0 unspecified atom stereocenters. The highest BCUT2D eigenvalue weighted by atomic mass is 14.9. The Kier molecular flexibility index (Phi) is 6.26. The maximum absolute atomic E-state index is 3.59. The van der Waals surface area contributed by atoms with Crippen molar-refractivity contribution in [2.45, 2.75) is 72.8 Å². The van der Waals surface area contributed by atoms with Gasteiger partial charge in [0.15, 0.2) is 0 Å². The predicted octanol–water partition coefficient (Wildman–Crippen LogP) is 4.99. The van der Waals surface area contributed by atoms with Crippen molar-refractivity contribution in [1.29, 1.82) is 0 Å². The largest absolute Gasteiger partial charge is 0.312 e. The highest BCUT2D eigenvalue weighted by Crippen LogP contribution is 2.27. The fraction of sp³-hybridized carbons (Fsp3) is 0.684. The van der Waals surface area contributed by atoms with Gasteiger partial charge in [-0.2, -0.15) is 0 Å². The number of nitrogens with one attached hydrogen (secondary N) is 1. The van der Waals surface area contributed by atoms with Crippen molar-refractivity contribution in [3.8, 4) is 0 Å². The summed E-state index contributed by atoms with van der Waals surface area (Å²) in [6, 6.07) is 9.12. The van der Waals surface area contributed by atoms with E-state index < -0.39 is 0 Å². The van der Waals surface area contributed by atoms with Gasteiger partial charge < -0.3 is 5.32 Å². The minimum absolute atomic E-state index is 0.228. The Labute approximate surface area is 126 Å². The highest BCUT2D eigenvalue weighted by molar-refractivity contribution is 5.22. The maximum atomic E-state index is 3.59. The third-order valence-corrected chi connectivity index (χ3v) is 3.98. The van der Waals surface area contributed by atoms with Crippen molar-refractivity contribution >= 4 is 0 Å². The third-order valence-electron chi connectivity index (χ3n) is 3.98. The molecule has 0 aliphatic carbocycles. The van der Waals surface area contributed by atoms with Crippen LogP contribution in [0, 0.1) is 5.41 Å². The zero-order chi connectivity index (χ0) is 15.2. The van der Waals surface area contributed by atoms with Gasteiger partial charge in [0.1, 0.15) is 0 Å². The quantitative estimate of drug-likeness (QED) is 0.739. The molecular formula is C19H33N. The Balaban J connectivity index is 2.37. The van der Waals surface area contributed by atoms with Crippen LogP contribution in [-0.4, -0.2) is 12.1 Å². The summed E-state index contributed by atoms with van der Waals surface area (Å²) < 4.78 is 0. The van der Waals surface area contributed by atoms with Crippen LogP contribution in [0.1, 0.15) is 65.5 Å². The predicted molar refractivity (Wildman–Crippen MR) is 90.3 cm³/mol. The fourth-order valence-corrected chi connectivity index (χ4v) is 2.33. The van der Waals surface area contributed by atoms with Crippen LogP contribution in [0.3, 0.4) is 0 Å². The molecule has 0 saturated heterocycles. The lowest BCUT2D eigenvalue weighted by atomic mass is 9.83. The lowest BCUT2D eigenvalue weighted by Gasteiger charge is -2.28. The normalized spacial score (nSPS) is 12.7. The van der Waals surface area contributed by atoms with Crippen molar-refractivity contribution in [3.63, 3.8) is 0 Å². The van der Waals surface area contributed by atoms with E-state index in [-0.39, 0.29) is 5.54 Å². The molecule has 1 nitrogen and oxygen atoms in total. The number of rotatable bonds is 7. The monoisotopic (exact) mass is 275 g/mol. The maximum Gasteiger partial charge on any atom is 0.00965 e.